The Hall–Kier alpha value is -1.44. The van der Waals surface area contributed by atoms with Crippen molar-refractivity contribution in [2.75, 3.05) is 10.8 Å². The summed E-state index contributed by atoms with van der Waals surface area (Å²) >= 11 is 1.06. The smallest absolute Gasteiger partial charge is 0.273 e. The molecular formula is C13H14FNO3S2. The highest BCUT2D eigenvalue weighted by molar-refractivity contribution is 7.94. The van der Waals surface area contributed by atoms with Crippen LogP contribution in [0.25, 0.3) is 0 Å². The topological polar surface area (TPSA) is 57.6 Å². The minimum atomic E-state index is -3.69. The summed E-state index contributed by atoms with van der Waals surface area (Å²) < 4.78 is 39.4. The van der Waals surface area contributed by atoms with E-state index in [4.69, 9.17) is 5.11 Å². The van der Waals surface area contributed by atoms with Crippen molar-refractivity contribution in [3.8, 4) is 0 Å². The highest BCUT2D eigenvalue weighted by Gasteiger charge is 2.25. The van der Waals surface area contributed by atoms with Crippen LogP contribution in [0.3, 0.4) is 0 Å². The van der Waals surface area contributed by atoms with Crippen molar-refractivity contribution in [1.29, 1.82) is 0 Å². The predicted octanol–water partition coefficient (Wildman–Crippen LogP) is 2.59. The van der Waals surface area contributed by atoms with Gasteiger partial charge in [0.1, 0.15) is 10.0 Å². The van der Waals surface area contributed by atoms with Crippen LogP contribution >= 0.6 is 11.3 Å². The summed E-state index contributed by atoms with van der Waals surface area (Å²) in [5, 5.41) is 10.6. The van der Waals surface area contributed by atoms with Crippen LogP contribution in [0.2, 0.25) is 0 Å². The number of nitrogens with zero attached hydrogens (tertiary/aromatic N) is 1. The van der Waals surface area contributed by atoms with Crippen molar-refractivity contribution in [1.82, 2.24) is 0 Å². The van der Waals surface area contributed by atoms with Gasteiger partial charge in [-0.1, -0.05) is 0 Å². The molecule has 20 heavy (non-hydrogen) atoms. The van der Waals surface area contributed by atoms with Crippen molar-refractivity contribution in [3.63, 3.8) is 0 Å². The van der Waals surface area contributed by atoms with E-state index < -0.39 is 15.8 Å². The second-order valence-corrected chi connectivity index (χ2v) is 7.08. The van der Waals surface area contributed by atoms with Crippen LogP contribution in [0.1, 0.15) is 12.5 Å². The number of aliphatic hydroxyl groups is 1. The first kappa shape index (κ1) is 15.0. The molecule has 0 aliphatic rings. The monoisotopic (exact) mass is 315 g/mol. The van der Waals surface area contributed by atoms with Crippen molar-refractivity contribution in [2.24, 2.45) is 0 Å². The molecule has 7 heteroatoms. The summed E-state index contributed by atoms with van der Waals surface area (Å²) in [6.45, 7) is 1.75. The molecule has 1 N–H and O–H groups in total. The van der Waals surface area contributed by atoms with Gasteiger partial charge in [0.05, 0.1) is 12.3 Å². The van der Waals surface area contributed by atoms with Crippen LogP contribution in [0.15, 0.2) is 39.9 Å². The van der Waals surface area contributed by atoms with Crippen molar-refractivity contribution in [3.05, 3.63) is 47.1 Å². The molecule has 0 bridgehead atoms. The molecule has 1 aromatic carbocycles. The van der Waals surface area contributed by atoms with Gasteiger partial charge in [0.15, 0.2) is 0 Å². The second kappa shape index (κ2) is 5.90. The number of sulfonamides is 1. The van der Waals surface area contributed by atoms with Crippen molar-refractivity contribution < 1.29 is 17.9 Å². The van der Waals surface area contributed by atoms with E-state index >= 15 is 0 Å². The largest absolute Gasteiger partial charge is 0.392 e. The summed E-state index contributed by atoms with van der Waals surface area (Å²) in [6.07, 6.45) is 0. The van der Waals surface area contributed by atoms with E-state index in [-0.39, 0.29) is 17.4 Å². The highest BCUT2D eigenvalue weighted by atomic mass is 32.2. The van der Waals surface area contributed by atoms with Crippen LogP contribution in [-0.2, 0) is 16.6 Å². The predicted molar refractivity (Wildman–Crippen MR) is 76.8 cm³/mol. The summed E-state index contributed by atoms with van der Waals surface area (Å²) in [7, 11) is -3.69. The number of halogens is 1. The molecule has 108 valence electrons. The first-order chi connectivity index (χ1) is 9.48. The SMILES string of the molecule is CCN(c1ccc(F)cc1)S(=O)(=O)c1cc(CO)cs1. The van der Waals surface area contributed by atoms with Crippen LogP contribution in [-0.4, -0.2) is 20.1 Å². The molecule has 0 radical (unpaired) electrons. The summed E-state index contributed by atoms with van der Waals surface area (Å²) in [5.74, 6) is -0.416. The quantitative estimate of drug-likeness (QED) is 0.922. The number of aliphatic hydroxyl groups excluding tert-OH is 1. The third-order valence-electron chi connectivity index (χ3n) is 2.76. The Kier molecular flexibility index (Phi) is 4.42. The van der Waals surface area contributed by atoms with Crippen LogP contribution in [0.4, 0.5) is 10.1 Å². The van der Waals surface area contributed by atoms with Gasteiger partial charge in [-0.25, -0.2) is 12.8 Å². The number of anilines is 1. The van der Waals surface area contributed by atoms with Gasteiger partial charge in [-0.2, -0.15) is 0 Å². The lowest BCUT2D eigenvalue weighted by Gasteiger charge is -2.21. The lowest BCUT2D eigenvalue weighted by atomic mass is 10.3. The number of rotatable bonds is 5. The fourth-order valence-corrected chi connectivity index (χ4v) is 4.57. The van der Waals surface area contributed by atoms with E-state index in [0.717, 1.165) is 11.3 Å². The Bertz CT molecular complexity index is 680. The van der Waals surface area contributed by atoms with Gasteiger partial charge in [-0.15, -0.1) is 11.3 Å². The van der Waals surface area contributed by atoms with Gasteiger partial charge in [0.25, 0.3) is 10.0 Å². The molecule has 4 nitrogen and oxygen atoms in total. The maximum absolute atomic E-state index is 12.9. The first-order valence-corrected chi connectivity index (χ1v) is 8.27. The van der Waals surface area contributed by atoms with Gasteiger partial charge in [0, 0.05) is 6.54 Å². The maximum Gasteiger partial charge on any atom is 0.273 e. The second-order valence-electron chi connectivity index (χ2n) is 4.08. The highest BCUT2D eigenvalue weighted by Crippen LogP contribution is 2.28. The molecule has 0 saturated carbocycles. The first-order valence-electron chi connectivity index (χ1n) is 5.95. The number of benzene rings is 1. The van der Waals surface area contributed by atoms with Crippen molar-refractivity contribution in [2.45, 2.75) is 17.7 Å². The molecule has 0 unspecified atom stereocenters. The molecule has 0 saturated heterocycles. The van der Waals surface area contributed by atoms with E-state index in [1.54, 1.807) is 12.3 Å². The Labute approximate surface area is 121 Å². The molecule has 2 rings (SSSR count). The van der Waals surface area contributed by atoms with Gasteiger partial charge >= 0.3 is 0 Å². The molecule has 0 atom stereocenters. The standard InChI is InChI=1S/C13H14FNO3S2/c1-2-15(12-5-3-11(14)4-6-12)20(17,18)13-7-10(8-16)9-19-13/h3-7,9,16H,2,8H2,1H3. The van der Waals surface area contributed by atoms with E-state index in [1.807, 2.05) is 0 Å². The van der Waals surface area contributed by atoms with E-state index in [1.165, 1.54) is 34.6 Å². The average molecular weight is 315 g/mol. The van der Waals surface area contributed by atoms with Crippen molar-refractivity contribution >= 4 is 27.0 Å². The van der Waals surface area contributed by atoms with E-state index in [2.05, 4.69) is 0 Å². The lowest BCUT2D eigenvalue weighted by Crippen LogP contribution is -2.30. The minimum Gasteiger partial charge on any atom is -0.392 e. The Morgan fingerprint density at radius 1 is 1.30 bits per heavy atom. The van der Waals surface area contributed by atoms with E-state index in [0.29, 0.717) is 11.3 Å². The van der Waals surface area contributed by atoms with Gasteiger partial charge in [-0.3, -0.25) is 4.31 Å². The normalized spacial score (nSPS) is 11.6. The lowest BCUT2D eigenvalue weighted by molar-refractivity contribution is 0.282. The number of hydrogen-bond acceptors (Lipinski definition) is 4. The van der Waals surface area contributed by atoms with E-state index in [9.17, 15) is 12.8 Å². The fourth-order valence-electron chi connectivity index (χ4n) is 1.78. The summed E-state index contributed by atoms with van der Waals surface area (Å²) in [5.41, 5.74) is 0.969. The van der Waals surface area contributed by atoms with Crippen LogP contribution in [0, 0.1) is 5.82 Å². The van der Waals surface area contributed by atoms with Gasteiger partial charge < -0.3 is 5.11 Å². The zero-order valence-corrected chi connectivity index (χ0v) is 12.4. The molecule has 0 fully saturated rings. The van der Waals surface area contributed by atoms with Gasteiger partial charge in [-0.05, 0) is 48.2 Å². The molecule has 0 aliphatic carbocycles. The maximum atomic E-state index is 12.9. The average Bonchev–Trinajstić information content (AvgIpc) is 2.91. The zero-order chi connectivity index (χ0) is 14.8. The molecule has 1 heterocycles. The molecular weight excluding hydrogens is 301 g/mol. The van der Waals surface area contributed by atoms with Crippen LogP contribution in [0.5, 0.6) is 0 Å². The summed E-state index contributed by atoms with van der Waals surface area (Å²) in [6, 6.07) is 6.75. The third-order valence-corrected chi connectivity index (χ3v) is 6.13. The zero-order valence-electron chi connectivity index (χ0n) is 10.8. The number of thiophene rings is 1. The Morgan fingerprint density at radius 2 is 1.95 bits per heavy atom. The molecule has 0 spiro atoms. The Balaban J connectivity index is 2.41. The van der Waals surface area contributed by atoms with Crippen LogP contribution < -0.4 is 4.31 Å². The molecule has 1 aromatic heterocycles. The van der Waals surface area contributed by atoms with Gasteiger partial charge in [0.2, 0.25) is 0 Å². The molecule has 0 amide bonds. The third kappa shape index (κ3) is 2.84. The molecule has 0 aliphatic heterocycles. The Morgan fingerprint density at radius 3 is 2.45 bits per heavy atom. The summed E-state index contributed by atoms with van der Waals surface area (Å²) in [4.78, 5) is 0. The fraction of sp³-hybridized carbons (Fsp3) is 0.231. The molecule has 2 aromatic rings. The minimum absolute atomic E-state index is 0.160. The number of hydrogen-bond donors (Lipinski definition) is 1.